The highest BCUT2D eigenvalue weighted by Gasteiger charge is 2.27. The zero-order valence-corrected chi connectivity index (χ0v) is 14.4. The third-order valence-corrected chi connectivity index (χ3v) is 5.12. The minimum atomic E-state index is -0.504. The summed E-state index contributed by atoms with van der Waals surface area (Å²) in [6.07, 6.45) is 0. The quantitative estimate of drug-likeness (QED) is 0.749. The molecule has 17 heavy (non-hydrogen) atoms. The van der Waals surface area contributed by atoms with Crippen molar-refractivity contribution in [3.8, 4) is 5.75 Å². The highest BCUT2D eigenvalue weighted by molar-refractivity contribution is 9.10. The fraction of sp³-hybridized carbons (Fsp3) is 0.571. The van der Waals surface area contributed by atoms with Crippen LogP contribution < -0.4 is 9.92 Å². The molecule has 0 aliphatic rings. The maximum absolute atomic E-state index is 5.62. The SMILES string of the molecule is COc1c(Br)cc(C)c([Si](C)C)c1C(C)(C)C. The fourth-order valence-corrected chi connectivity index (χ4v) is 4.87. The minimum Gasteiger partial charge on any atom is -0.495 e. The Labute approximate surface area is 115 Å². The van der Waals surface area contributed by atoms with Crippen molar-refractivity contribution in [2.75, 3.05) is 7.11 Å². The molecule has 0 fully saturated rings. The van der Waals surface area contributed by atoms with E-state index in [2.05, 4.69) is 62.8 Å². The highest BCUT2D eigenvalue weighted by Crippen LogP contribution is 2.37. The number of ether oxygens (including phenoxy) is 1. The highest BCUT2D eigenvalue weighted by atomic mass is 79.9. The zero-order valence-electron chi connectivity index (χ0n) is 11.9. The van der Waals surface area contributed by atoms with Crippen LogP contribution in [0.15, 0.2) is 10.5 Å². The van der Waals surface area contributed by atoms with Gasteiger partial charge in [-0.15, -0.1) is 0 Å². The van der Waals surface area contributed by atoms with Crippen molar-refractivity contribution in [1.82, 2.24) is 0 Å². The van der Waals surface area contributed by atoms with Gasteiger partial charge in [0, 0.05) is 0 Å². The van der Waals surface area contributed by atoms with Crippen molar-refractivity contribution < 1.29 is 4.74 Å². The van der Waals surface area contributed by atoms with Gasteiger partial charge in [-0.2, -0.15) is 0 Å². The molecule has 0 bridgehead atoms. The topological polar surface area (TPSA) is 9.23 Å². The van der Waals surface area contributed by atoms with Crippen LogP contribution in [0.2, 0.25) is 13.1 Å². The van der Waals surface area contributed by atoms with Crippen molar-refractivity contribution in [2.24, 2.45) is 0 Å². The van der Waals surface area contributed by atoms with Gasteiger partial charge in [-0.25, -0.2) is 0 Å². The van der Waals surface area contributed by atoms with E-state index in [9.17, 15) is 0 Å². The number of hydrogen-bond acceptors (Lipinski definition) is 1. The average molecular weight is 314 g/mol. The van der Waals surface area contributed by atoms with E-state index in [-0.39, 0.29) is 5.41 Å². The fourth-order valence-electron chi connectivity index (χ4n) is 2.32. The summed E-state index contributed by atoms with van der Waals surface area (Å²) in [4.78, 5) is 0. The van der Waals surface area contributed by atoms with E-state index < -0.39 is 8.80 Å². The number of aryl methyl sites for hydroxylation is 1. The molecule has 95 valence electrons. The molecule has 0 atom stereocenters. The number of hydrogen-bond donors (Lipinski definition) is 0. The van der Waals surface area contributed by atoms with E-state index in [4.69, 9.17) is 4.74 Å². The Bertz CT molecular complexity index is 419. The lowest BCUT2D eigenvalue weighted by Gasteiger charge is -2.29. The van der Waals surface area contributed by atoms with Gasteiger partial charge in [-0.3, -0.25) is 0 Å². The van der Waals surface area contributed by atoms with Gasteiger partial charge in [-0.05, 0) is 39.9 Å². The molecule has 0 unspecified atom stereocenters. The van der Waals surface area contributed by atoms with Crippen LogP contribution in [0.3, 0.4) is 0 Å². The van der Waals surface area contributed by atoms with Gasteiger partial charge in [-0.1, -0.05) is 44.6 Å². The smallest absolute Gasteiger partial charge is 0.136 e. The van der Waals surface area contributed by atoms with Gasteiger partial charge in [0.2, 0.25) is 0 Å². The Balaban J connectivity index is 3.70. The van der Waals surface area contributed by atoms with E-state index in [1.165, 1.54) is 16.3 Å². The molecule has 1 aromatic rings. The predicted octanol–water partition coefficient (Wildman–Crippen LogP) is 4.03. The summed E-state index contributed by atoms with van der Waals surface area (Å²) in [5.41, 5.74) is 2.85. The van der Waals surface area contributed by atoms with Crippen molar-refractivity contribution in [3.05, 3.63) is 21.7 Å². The van der Waals surface area contributed by atoms with Crippen molar-refractivity contribution in [3.63, 3.8) is 0 Å². The number of methoxy groups -OCH3 is 1. The van der Waals surface area contributed by atoms with Crippen LogP contribution in [0.25, 0.3) is 0 Å². The lowest BCUT2D eigenvalue weighted by atomic mass is 9.85. The summed E-state index contributed by atoms with van der Waals surface area (Å²) in [6, 6.07) is 2.18. The molecule has 0 aliphatic heterocycles. The molecule has 0 aromatic heterocycles. The molecule has 0 heterocycles. The maximum Gasteiger partial charge on any atom is 0.136 e. The molecular weight excluding hydrogens is 292 g/mol. The zero-order chi connectivity index (χ0) is 13.4. The van der Waals surface area contributed by atoms with E-state index >= 15 is 0 Å². The standard InChI is InChI=1S/C14H22BrOSi/c1-9-8-10(15)12(16-5)11(14(2,3)4)13(9)17(6)7/h8H,1-7H3. The monoisotopic (exact) mass is 313 g/mol. The van der Waals surface area contributed by atoms with Crippen LogP contribution in [0.5, 0.6) is 5.75 Å². The second-order valence-electron chi connectivity index (χ2n) is 5.71. The Morgan fingerprint density at radius 3 is 2.12 bits per heavy atom. The molecule has 1 aromatic carbocycles. The first-order valence-electron chi connectivity index (χ1n) is 5.88. The Kier molecular flexibility index (Phi) is 4.47. The van der Waals surface area contributed by atoms with Crippen LogP contribution in [-0.2, 0) is 5.41 Å². The van der Waals surface area contributed by atoms with E-state index in [0.717, 1.165) is 10.2 Å². The van der Waals surface area contributed by atoms with Crippen molar-refractivity contribution in [1.29, 1.82) is 0 Å². The molecule has 1 rings (SSSR count). The molecule has 0 N–H and O–H groups in total. The van der Waals surface area contributed by atoms with Crippen molar-refractivity contribution >= 4 is 29.9 Å². The Hall–Kier alpha value is -0.283. The van der Waals surface area contributed by atoms with Gasteiger partial charge in [0.05, 0.1) is 20.4 Å². The van der Waals surface area contributed by atoms with Crippen LogP contribution in [0.1, 0.15) is 31.9 Å². The first-order valence-corrected chi connectivity index (χ1v) is 9.17. The van der Waals surface area contributed by atoms with Gasteiger partial charge in [0.1, 0.15) is 5.75 Å². The molecule has 1 radical (unpaired) electrons. The Morgan fingerprint density at radius 1 is 1.24 bits per heavy atom. The third-order valence-electron chi connectivity index (χ3n) is 2.89. The molecule has 0 amide bonds. The largest absolute Gasteiger partial charge is 0.495 e. The Morgan fingerprint density at radius 2 is 1.76 bits per heavy atom. The van der Waals surface area contributed by atoms with Crippen molar-refractivity contribution in [2.45, 2.75) is 46.2 Å². The van der Waals surface area contributed by atoms with E-state index in [1.807, 2.05) is 0 Å². The first-order chi connectivity index (χ1) is 7.70. The van der Waals surface area contributed by atoms with Gasteiger partial charge in [0.25, 0.3) is 0 Å². The lowest BCUT2D eigenvalue weighted by Crippen LogP contribution is -2.35. The summed E-state index contributed by atoms with van der Waals surface area (Å²) in [6.45, 7) is 13.7. The molecule has 0 spiro atoms. The van der Waals surface area contributed by atoms with Crippen LogP contribution in [-0.4, -0.2) is 15.9 Å². The minimum absolute atomic E-state index is 0.108. The maximum atomic E-state index is 5.62. The molecule has 0 saturated carbocycles. The number of rotatable bonds is 2. The van der Waals surface area contributed by atoms with E-state index in [0.29, 0.717) is 0 Å². The normalized spacial score (nSPS) is 12.1. The first kappa shape index (κ1) is 14.8. The van der Waals surface area contributed by atoms with E-state index in [1.54, 1.807) is 7.11 Å². The summed E-state index contributed by atoms with van der Waals surface area (Å²) in [5, 5.41) is 1.52. The van der Waals surface area contributed by atoms with Gasteiger partial charge in [0.15, 0.2) is 0 Å². The second-order valence-corrected chi connectivity index (χ2v) is 9.06. The third kappa shape index (κ3) is 2.94. The molecule has 0 saturated heterocycles. The predicted molar refractivity (Wildman–Crippen MR) is 81.2 cm³/mol. The van der Waals surface area contributed by atoms with Gasteiger partial charge >= 0.3 is 0 Å². The summed E-state index contributed by atoms with van der Waals surface area (Å²) < 4.78 is 6.68. The summed E-state index contributed by atoms with van der Waals surface area (Å²) >= 11 is 3.62. The van der Waals surface area contributed by atoms with Crippen LogP contribution >= 0.6 is 15.9 Å². The van der Waals surface area contributed by atoms with Crippen LogP contribution in [0, 0.1) is 6.92 Å². The lowest BCUT2D eigenvalue weighted by molar-refractivity contribution is 0.396. The number of benzene rings is 1. The summed E-state index contributed by atoms with van der Waals surface area (Å²) in [5.74, 6) is 1.00. The molecule has 3 heteroatoms. The molecule has 0 aliphatic carbocycles. The summed E-state index contributed by atoms with van der Waals surface area (Å²) in [7, 11) is 1.25. The molecule has 1 nitrogen and oxygen atoms in total. The van der Waals surface area contributed by atoms with Crippen LogP contribution in [0.4, 0.5) is 0 Å². The van der Waals surface area contributed by atoms with Gasteiger partial charge < -0.3 is 4.74 Å². The number of halogens is 1. The average Bonchev–Trinajstić information content (AvgIpc) is 2.14. The molecular formula is C14H22BrOSi. The second kappa shape index (κ2) is 5.15.